The highest BCUT2D eigenvalue weighted by Crippen LogP contribution is 2.29. The number of fused-ring (bicyclic) bond motifs is 1. The lowest BCUT2D eigenvalue weighted by atomic mass is 9.96. The Balaban J connectivity index is 2.02. The van der Waals surface area contributed by atoms with Gasteiger partial charge in [-0.3, -0.25) is 0 Å². The average molecular weight is 287 g/mol. The first kappa shape index (κ1) is 14.1. The molecule has 0 bridgehead atoms. The molecule has 0 spiro atoms. The Kier molecular flexibility index (Phi) is 3.68. The summed E-state index contributed by atoms with van der Waals surface area (Å²) < 4.78 is 1.98. The fourth-order valence-corrected chi connectivity index (χ4v) is 3.17. The van der Waals surface area contributed by atoms with Crippen LogP contribution in [0.2, 0.25) is 0 Å². The maximum absolute atomic E-state index is 11.4. The average Bonchev–Trinajstić information content (AvgIpc) is 2.86. The summed E-state index contributed by atoms with van der Waals surface area (Å²) in [5, 5.41) is 9.36. The Hall–Kier alpha value is -1.88. The Morgan fingerprint density at radius 2 is 2.10 bits per heavy atom. The van der Waals surface area contributed by atoms with E-state index in [0.29, 0.717) is 11.4 Å². The van der Waals surface area contributed by atoms with E-state index in [1.54, 1.807) is 0 Å². The number of aromatic carboxylic acids is 1. The van der Waals surface area contributed by atoms with Crippen LogP contribution in [-0.2, 0) is 0 Å². The maximum atomic E-state index is 11.4. The van der Waals surface area contributed by atoms with Crippen molar-refractivity contribution in [1.29, 1.82) is 0 Å². The summed E-state index contributed by atoms with van der Waals surface area (Å²) in [6, 6.07) is 3.80. The van der Waals surface area contributed by atoms with Crippen molar-refractivity contribution in [3.05, 3.63) is 35.4 Å². The molecule has 0 aliphatic carbocycles. The smallest absolute Gasteiger partial charge is 0.356 e. The third-order valence-electron chi connectivity index (χ3n) is 4.41. The second kappa shape index (κ2) is 5.48. The molecule has 3 rings (SSSR count). The van der Waals surface area contributed by atoms with E-state index in [4.69, 9.17) is 0 Å². The first-order valence-corrected chi connectivity index (χ1v) is 7.54. The summed E-state index contributed by atoms with van der Waals surface area (Å²) in [6.45, 7) is 7.39. The number of hydrogen-bond acceptors (Lipinski definition) is 3. The SMILES string of the molecule is CCN1CCC(c2nc(C(=O)O)c3ccc(C)cn23)CC1. The largest absolute Gasteiger partial charge is 0.476 e. The third kappa shape index (κ3) is 2.53. The van der Waals surface area contributed by atoms with Crippen molar-refractivity contribution in [1.82, 2.24) is 14.3 Å². The van der Waals surface area contributed by atoms with Gasteiger partial charge >= 0.3 is 5.97 Å². The highest BCUT2D eigenvalue weighted by Gasteiger charge is 2.26. The van der Waals surface area contributed by atoms with Gasteiger partial charge in [-0.2, -0.15) is 0 Å². The third-order valence-corrected chi connectivity index (χ3v) is 4.41. The van der Waals surface area contributed by atoms with E-state index >= 15 is 0 Å². The van der Waals surface area contributed by atoms with Crippen LogP contribution >= 0.6 is 0 Å². The van der Waals surface area contributed by atoms with Gasteiger partial charge in [0.25, 0.3) is 0 Å². The van der Waals surface area contributed by atoms with Gasteiger partial charge in [0.15, 0.2) is 5.69 Å². The number of rotatable bonds is 3. The van der Waals surface area contributed by atoms with Crippen LogP contribution in [0.5, 0.6) is 0 Å². The van der Waals surface area contributed by atoms with Crippen LogP contribution in [0.1, 0.15) is 47.6 Å². The molecule has 2 aromatic heterocycles. The van der Waals surface area contributed by atoms with Crippen LogP contribution < -0.4 is 0 Å². The molecule has 0 radical (unpaired) electrons. The number of piperidine rings is 1. The second-order valence-electron chi connectivity index (χ2n) is 5.79. The standard InChI is InChI=1S/C16H21N3O2/c1-3-18-8-6-12(7-9-18)15-17-14(16(20)21)13-5-4-11(2)10-19(13)15/h4-5,10,12H,3,6-9H2,1-2H3,(H,20,21). The quantitative estimate of drug-likeness (QED) is 0.942. The number of hydrogen-bond donors (Lipinski definition) is 1. The van der Waals surface area contributed by atoms with Crippen molar-refractivity contribution in [3.63, 3.8) is 0 Å². The minimum Gasteiger partial charge on any atom is -0.476 e. The Morgan fingerprint density at radius 1 is 1.38 bits per heavy atom. The van der Waals surface area contributed by atoms with E-state index in [9.17, 15) is 9.90 Å². The summed E-state index contributed by atoms with van der Waals surface area (Å²) in [7, 11) is 0. The van der Waals surface area contributed by atoms with Crippen molar-refractivity contribution in [2.75, 3.05) is 19.6 Å². The lowest BCUT2D eigenvalue weighted by Crippen LogP contribution is -2.33. The van der Waals surface area contributed by atoms with E-state index in [2.05, 4.69) is 16.8 Å². The summed E-state index contributed by atoms with van der Waals surface area (Å²) >= 11 is 0. The topological polar surface area (TPSA) is 57.8 Å². The molecule has 0 aromatic carbocycles. The highest BCUT2D eigenvalue weighted by atomic mass is 16.4. The molecule has 1 N–H and O–H groups in total. The van der Waals surface area contributed by atoms with Crippen molar-refractivity contribution >= 4 is 11.5 Å². The lowest BCUT2D eigenvalue weighted by Gasteiger charge is -2.30. The molecule has 1 saturated heterocycles. The van der Waals surface area contributed by atoms with Gasteiger partial charge in [0, 0.05) is 12.1 Å². The van der Waals surface area contributed by atoms with Crippen molar-refractivity contribution < 1.29 is 9.90 Å². The predicted octanol–water partition coefficient (Wildman–Crippen LogP) is 2.54. The number of aryl methyl sites for hydroxylation is 1. The van der Waals surface area contributed by atoms with E-state index in [-0.39, 0.29) is 5.69 Å². The molecule has 0 amide bonds. The Bertz CT molecular complexity index is 669. The Morgan fingerprint density at radius 3 is 2.71 bits per heavy atom. The highest BCUT2D eigenvalue weighted by molar-refractivity contribution is 5.93. The second-order valence-corrected chi connectivity index (χ2v) is 5.79. The number of carbonyl (C=O) groups is 1. The fourth-order valence-electron chi connectivity index (χ4n) is 3.17. The minimum absolute atomic E-state index is 0.169. The lowest BCUT2D eigenvalue weighted by molar-refractivity contribution is 0.0693. The molecule has 5 nitrogen and oxygen atoms in total. The molecule has 0 atom stereocenters. The first-order valence-electron chi connectivity index (χ1n) is 7.54. The number of pyridine rings is 1. The minimum atomic E-state index is -0.950. The van der Waals surface area contributed by atoms with E-state index in [1.807, 2.05) is 29.7 Å². The van der Waals surface area contributed by atoms with Gasteiger partial charge in [-0.15, -0.1) is 0 Å². The first-order chi connectivity index (χ1) is 10.1. The van der Waals surface area contributed by atoms with E-state index < -0.39 is 5.97 Å². The number of nitrogens with zero attached hydrogens (tertiary/aromatic N) is 3. The van der Waals surface area contributed by atoms with Gasteiger partial charge in [-0.1, -0.05) is 13.0 Å². The molecular formula is C16H21N3O2. The number of imidazole rings is 1. The van der Waals surface area contributed by atoms with Crippen molar-refractivity contribution in [2.45, 2.75) is 32.6 Å². The number of aromatic nitrogens is 2. The summed E-state index contributed by atoms with van der Waals surface area (Å²) in [5.74, 6) is 0.297. The van der Waals surface area contributed by atoms with Crippen LogP contribution in [0.4, 0.5) is 0 Å². The zero-order chi connectivity index (χ0) is 15.0. The molecule has 3 heterocycles. The maximum Gasteiger partial charge on any atom is 0.356 e. The van der Waals surface area contributed by atoms with E-state index in [0.717, 1.165) is 43.9 Å². The monoisotopic (exact) mass is 287 g/mol. The predicted molar refractivity (Wildman–Crippen MR) is 81.0 cm³/mol. The van der Waals surface area contributed by atoms with E-state index in [1.165, 1.54) is 0 Å². The van der Waals surface area contributed by atoms with Crippen LogP contribution in [0.25, 0.3) is 5.52 Å². The molecule has 1 fully saturated rings. The molecule has 5 heteroatoms. The molecular weight excluding hydrogens is 266 g/mol. The van der Waals surface area contributed by atoms with Crippen LogP contribution in [0.3, 0.4) is 0 Å². The zero-order valence-corrected chi connectivity index (χ0v) is 12.5. The zero-order valence-electron chi connectivity index (χ0n) is 12.5. The van der Waals surface area contributed by atoms with Gasteiger partial charge in [-0.05, 0) is 51.0 Å². The fraction of sp³-hybridized carbons (Fsp3) is 0.500. The molecule has 1 aliphatic rings. The van der Waals surface area contributed by atoms with Crippen LogP contribution in [0, 0.1) is 6.92 Å². The van der Waals surface area contributed by atoms with Crippen LogP contribution in [-0.4, -0.2) is 45.0 Å². The summed E-state index contributed by atoms with van der Waals surface area (Å²) in [4.78, 5) is 18.3. The van der Waals surface area contributed by atoms with Crippen molar-refractivity contribution in [3.8, 4) is 0 Å². The molecule has 21 heavy (non-hydrogen) atoms. The molecule has 112 valence electrons. The van der Waals surface area contributed by atoms with Crippen LogP contribution in [0.15, 0.2) is 18.3 Å². The van der Waals surface area contributed by atoms with Gasteiger partial charge in [0.1, 0.15) is 5.82 Å². The summed E-state index contributed by atoms with van der Waals surface area (Å²) in [5.41, 5.74) is 1.98. The number of carboxylic acid groups (broad SMARTS) is 1. The number of carboxylic acids is 1. The van der Waals surface area contributed by atoms with Gasteiger partial charge in [0.2, 0.25) is 0 Å². The van der Waals surface area contributed by atoms with Gasteiger partial charge in [0.05, 0.1) is 5.52 Å². The summed E-state index contributed by atoms with van der Waals surface area (Å²) in [6.07, 6.45) is 4.08. The van der Waals surface area contributed by atoms with Crippen molar-refractivity contribution in [2.24, 2.45) is 0 Å². The van der Waals surface area contributed by atoms with Gasteiger partial charge in [-0.25, -0.2) is 9.78 Å². The molecule has 1 aliphatic heterocycles. The molecule has 0 unspecified atom stereocenters. The van der Waals surface area contributed by atoms with Gasteiger partial charge < -0.3 is 14.4 Å². The number of likely N-dealkylation sites (tertiary alicyclic amines) is 1. The molecule has 2 aromatic rings. The molecule has 0 saturated carbocycles. The normalized spacial score (nSPS) is 17.4. The Labute approximate surface area is 124 Å².